The van der Waals surface area contributed by atoms with Gasteiger partial charge in [0.2, 0.25) is 5.75 Å². The number of piperidine rings is 1. The van der Waals surface area contributed by atoms with Gasteiger partial charge < -0.3 is 15.2 Å². The molecule has 0 aromatic heterocycles. The molecule has 2 N–H and O–H groups in total. The Hall–Kier alpha value is -2.95. The van der Waals surface area contributed by atoms with Gasteiger partial charge in [0.15, 0.2) is 5.82 Å². The highest BCUT2D eigenvalue weighted by Crippen LogP contribution is 2.33. The van der Waals surface area contributed by atoms with Crippen LogP contribution in [0.1, 0.15) is 35.1 Å². The lowest BCUT2D eigenvalue weighted by molar-refractivity contribution is -0.124. The fraction of sp³-hybridized carbons (Fsp3) is 0.333. The molecule has 0 bridgehead atoms. The number of aliphatic imine (C=N–C) groups is 1. The van der Waals surface area contributed by atoms with E-state index in [0.29, 0.717) is 31.5 Å². The number of amidine groups is 1. The van der Waals surface area contributed by atoms with Crippen LogP contribution >= 0.6 is 0 Å². The van der Waals surface area contributed by atoms with Crippen molar-refractivity contribution in [1.29, 1.82) is 0 Å². The highest BCUT2D eigenvalue weighted by molar-refractivity contribution is 7.92. The van der Waals surface area contributed by atoms with E-state index in [-0.39, 0.29) is 11.7 Å². The molecule has 10 heteroatoms. The number of benzene rings is 2. The van der Waals surface area contributed by atoms with Crippen LogP contribution in [0, 0.1) is 19.7 Å². The topological polar surface area (TPSA) is 89.0 Å². The number of anilines is 1. The Kier molecular flexibility index (Phi) is 6.92. The summed E-state index contributed by atoms with van der Waals surface area (Å²) in [7, 11) is 1.87. The smallest absolute Gasteiger partial charge is 0.253 e. The molecule has 4 rings (SSSR count). The van der Waals surface area contributed by atoms with E-state index < -0.39 is 28.5 Å². The van der Waals surface area contributed by atoms with Crippen molar-refractivity contribution >= 4 is 34.9 Å². The van der Waals surface area contributed by atoms with Gasteiger partial charge in [0.05, 0.1) is 11.4 Å². The van der Waals surface area contributed by atoms with E-state index in [9.17, 15) is 18.3 Å². The number of hydrogen-bond donors (Lipinski definition) is 2. The molecule has 1 atom stereocenters. The molecule has 0 radical (unpaired) electrons. The van der Waals surface area contributed by atoms with Gasteiger partial charge >= 0.3 is 0 Å². The maximum Gasteiger partial charge on any atom is 0.253 e. The SMILES string of the molecule is CNc1cc(C)c(/C=C/[S@+]([O-])N2CCC3(CC2)N=C(c2ccc(F)c(OF)c2)NC3=O)c(C)c1. The average Bonchev–Trinajstić information content (AvgIpc) is 3.14. The molecule has 0 saturated carbocycles. The van der Waals surface area contributed by atoms with Crippen molar-refractivity contribution in [2.24, 2.45) is 4.99 Å². The maximum atomic E-state index is 13.5. The summed E-state index contributed by atoms with van der Waals surface area (Å²) >= 11 is -1.35. The number of halogens is 2. The molecule has 1 saturated heterocycles. The molecule has 7 nitrogen and oxygen atoms in total. The largest absolute Gasteiger partial charge is 0.593 e. The molecule has 2 aromatic rings. The maximum absolute atomic E-state index is 13.5. The molecule has 0 aliphatic carbocycles. The number of nitrogens with one attached hydrogen (secondary N) is 2. The monoisotopic (exact) mass is 488 g/mol. The first-order valence-electron chi connectivity index (χ1n) is 10.9. The minimum absolute atomic E-state index is 0.244. The number of carbonyl (C=O) groups excluding carboxylic acids is 1. The van der Waals surface area contributed by atoms with Crippen molar-refractivity contribution in [3.05, 3.63) is 63.8 Å². The third kappa shape index (κ3) is 4.66. The minimum atomic E-state index is -1.35. The van der Waals surface area contributed by atoms with Gasteiger partial charge in [-0.15, -0.1) is 4.31 Å². The fourth-order valence-electron chi connectivity index (χ4n) is 4.33. The molecule has 0 unspecified atom stereocenters. The predicted molar refractivity (Wildman–Crippen MR) is 129 cm³/mol. The quantitative estimate of drug-likeness (QED) is 0.604. The number of amides is 1. The van der Waals surface area contributed by atoms with Gasteiger partial charge in [-0.2, -0.15) is 0 Å². The summed E-state index contributed by atoms with van der Waals surface area (Å²) < 4.78 is 40.8. The van der Waals surface area contributed by atoms with Crippen LogP contribution in [0.15, 0.2) is 40.7 Å². The standard InChI is InChI=1S/C24H26F2N4O3S/c1-15-12-18(27-3)13-16(2)19(15)6-11-34(32)30-9-7-24(8-10-30)23(31)28-22(29-24)17-4-5-20(25)21(14-17)33-26/h4-6,11-14,27H,7-10H2,1-3H3,(H,28,29,31)/b11-6+/t34-/m0/s1. The normalized spacial score (nSPS) is 18.8. The van der Waals surface area contributed by atoms with Gasteiger partial charge in [-0.25, -0.2) is 4.39 Å². The Bertz CT molecular complexity index is 1140. The molecule has 1 spiro atoms. The van der Waals surface area contributed by atoms with Crippen molar-refractivity contribution < 1.29 is 23.2 Å². The molecule has 2 aliphatic heterocycles. The highest BCUT2D eigenvalue weighted by Gasteiger charge is 2.47. The van der Waals surface area contributed by atoms with Crippen molar-refractivity contribution in [2.45, 2.75) is 32.2 Å². The Balaban J connectivity index is 1.44. The fourth-order valence-corrected chi connectivity index (χ4v) is 5.30. The van der Waals surface area contributed by atoms with Crippen LogP contribution in [0.4, 0.5) is 14.6 Å². The Morgan fingerprint density at radius 2 is 1.91 bits per heavy atom. The first kappa shape index (κ1) is 24.2. The molecule has 180 valence electrons. The van der Waals surface area contributed by atoms with Crippen LogP contribution < -0.4 is 15.6 Å². The summed E-state index contributed by atoms with van der Waals surface area (Å²) in [5.74, 6) is -1.45. The van der Waals surface area contributed by atoms with Crippen molar-refractivity contribution in [2.75, 3.05) is 25.5 Å². The Morgan fingerprint density at radius 3 is 2.53 bits per heavy atom. The van der Waals surface area contributed by atoms with Gasteiger partial charge in [0.25, 0.3) is 5.91 Å². The van der Waals surface area contributed by atoms with Crippen LogP contribution in [-0.4, -0.2) is 46.3 Å². The Labute approximate surface area is 200 Å². The third-order valence-corrected chi connectivity index (χ3v) is 7.55. The van der Waals surface area contributed by atoms with Gasteiger partial charge in [-0.1, -0.05) is 0 Å². The van der Waals surface area contributed by atoms with Gasteiger partial charge in [0.1, 0.15) is 16.8 Å². The van der Waals surface area contributed by atoms with Crippen LogP contribution in [0.5, 0.6) is 5.75 Å². The van der Waals surface area contributed by atoms with E-state index in [4.69, 9.17) is 0 Å². The second-order valence-electron chi connectivity index (χ2n) is 8.45. The summed E-state index contributed by atoms with van der Waals surface area (Å²) in [5, 5.41) is 7.51. The van der Waals surface area contributed by atoms with Crippen LogP contribution in [0.2, 0.25) is 0 Å². The van der Waals surface area contributed by atoms with E-state index >= 15 is 0 Å². The van der Waals surface area contributed by atoms with E-state index in [2.05, 4.69) is 20.6 Å². The van der Waals surface area contributed by atoms with Crippen LogP contribution in [-0.2, 0) is 16.2 Å². The molecule has 2 heterocycles. The zero-order valence-corrected chi connectivity index (χ0v) is 20.0. The molecule has 1 amide bonds. The van der Waals surface area contributed by atoms with Gasteiger partial charge in [0, 0.05) is 35.9 Å². The lowest BCUT2D eigenvalue weighted by atomic mass is 9.89. The average molecular weight is 489 g/mol. The number of hydrogen-bond acceptors (Lipinski definition) is 6. The van der Waals surface area contributed by atoms with Crippen molar-refractivity contribution in [1.82, 2.24) is 9.62 Å². The van der Waals surface area contributed by atoms with Gasteiger partial charge in [-0.05, 0) is 79.8 Å². The zero-order valence-electron chi connectivity index (χ0n) is 19.2. The third-order valence-electron chi connectivity index (χ3n) is 6.31. The van der Waals surface area contributed by atoms with E-state index in [1.807, 2.05) is 43.4 Å². The second-order valence-corrected chi connectivity index (χ2v) is 9.79. The Morgan fingerprint density at radius 1 is 1.24 bits per heavy atom. The first-order chi connectivity index (χ1) is 16.3. The predicted octanol–water partition coefficient (Wildman–Crippen LogP) is 3.79. The summed E-state index contributed by atoms with van der Waals surface area (Å²) in [6.07, 6.45) is 2.64. The molecular weight excluding hydrogens is 462 g/mol. The van der Waals surface area contributed by atoms with Crippen LogP contribution in [0.3, 0.4) is 0 Å². The number of rotatable bonds is 6. The van der Waals surface area contributed by atoms with Crippen LogP contribution in [0.25, 0.3) is 6.08 Å². The summed E-state index contributed by atoms with van der Waals surface area (Å²) in [6, 6.07) is 7.68. The highest BCUT2D eigenvalue weighted by atomic mass is 32.2. The molecule has 2 aliphatic rings. The lowest BCUT2D eigenvalue weighted by Crippen LogP contribution is -2.50. The number of carbonyl (C=O) groups is 1. The molecule has 34 heavy (non-hydrogen) atoms. The number of nitrogens with zero attached hydrogens (tertiary/aromatic N) is 2. The molecule has 2 aromatic carbocycles. The second kappa shape index (κ2) is 9.73. The lowest BCUT2D eigenvalue weighted by Gasteiger charge is -2.34. The van der Waals surface area contributed by atoms with E-state index in [0.717, 1.165) is 34.5 Å². The minimum Gasteiger partial charge on any atom is -0.593 e. The zero-order chi connectivity index (χ0) is 24.5. The molecular formula is C24H26F2N4O3S. The summed E-state index contributed by atoms with van der Waals surface area (Å²) in [5.41, 5.74) is 3.59. The summed E-state index contributed by atoms with van der Waals surface area (Å²) in [6.45, 7) is 4.86. The molecule has 1 fully saturated rings. The van der Waals surface area contributed by atoms with E-state index in [1.165, 1.54) is 6.07 Å². The van der Waals surface area contributed by atoms with E-state index in [1.54, 1.807) is 5.41 Å². The summed E-state index contributed by atoms with van der Waals surface area (Å²) in [4.78, 5) is 20.9. The van der Waals surface area contributed by atoms with Gasteiger partial charge in [-0.3, -0.25) is 14.7 Å². The first-order valence-corrected chi connectivity index (χ1v) is 12.1. The van der Waals surface area contributed by atoms with Crippen molar-refractivity contribution in [3.63, 3.8) is 0 Å². The number of aryl methyl sites for hydroxylation is 2. The van der Waals surface area contributed by atoms with Crippen molar-refractivity contribution in [3.8, 4) is 5.75 Å².